The molecule has 0 unspecified atom stereocenters. The number of hydrogen-bond donors (Lipinski definition) is 0. The average molecular weight is 763 g/mol. The number of imide groups is 2. The lowest BCUT2D eigenvalue weighted by atomic mass is 9.48. The number of carbonyl (C=O) groups is 4. The van der Waals surface area contributed by atoms with Gasteiger partial charge in [-0.3, -0.25) is 29.0 Å². The van der Waals surface area contributed by atoms with E-state index in [0.29, 0.717) is 71.0 Å². The van der Waals surface area contributed by atoms with Gasteiger partial charge in [-0.05, 0) is 251 Å². The monoisotopic (exact) mass is 763 g/mol. The second kappa shape index (κ2) is 12.0. The minimum Gasteiger partial charge on any atom is -0.279 e. The van der Waals surface area contributed by atoms with Crippen molar-refractivity contribution < 1.29 is 19.2 Å². The van der Waals surface area contributed by atoms with E-state index < -0.39 is 0 Å². The molecule has 56 heavy (non-hydrogen) atoms. The molecule has 0 aromatic rings. The fraction of sp³-hybridized carbons (Fsp3) is 0.920. The summed E-state index contributed by atoms with van der Waals surface area (Å²) >= 11 is 0. The van der Waals surface area contributed by atoms with Crippen molar-refractivity contribution in [1.82, 2.24) is 9.80 Å². The van der Waals surface area contributed by atoms with E-state index in [9.17, 15) is 0 Å². The fourth-order valence-corrected chi connectivity index (χ4v) is 20.9. The van der Waals surface area contributed by atoms with Crippen molar-refractivity contribution in [2.75, 3.05) is 0 Å². The highest BCUT2D eigenvalue weighted by molar-refractivity contribution is 6.02. The molecule has 16 bridgehead atoms. The molecule has 0 aromatic carbocycles. The van der Waals surface area contributed by atoms with Crippen LogP contribution in [0, 0.1) is 92.7 Å². The molecule has 17 rings (SSSR count). The van der Waals surface area contributed by atoms with Crippen LogP contribution < -0.4 is 0 Å². The van der Waals surface area contributed by atoms with Crippen molar-refractivity contribution in [1.29, 1.82) is 0 Å². The van der Waals surface area contributed by atoms with Gasteiger partial charge in [0, 0.05) is 12.1 Å². The molecule has 0 heterocycles. The van der Waals surface area contributed by atoms with Crippen LogP contribution in [0.2, 0.25) is 0 Å². The molecule has 0 N–H and O–H groups in total. The Kier molecular flexibility index (Phi) is 7.50. The molecule has 17 aliphatic carbocycles. The molecule has 17 aliphatic rings. The zero-order valence-electron chi connectivity index (χ0n) is 34.4. The summed E-state index contributed by atoms with van der Waals surface area (Å²) in [7, 11) is 0. The normalized spacial score (nSPS) is 54.8. The maximum atomic E-state index is 15.6. The van der Waals surface area contributed by atoms with E-state index in [1.165, 1.54) is 77.0 Å². The largest absolute Gasteiger partial charge is 0.279 e. The smallest absolute Gasteiger partial charge is 0.235 e. The molecule has 0 aromatic heterocycles. The Morgan fingerprint density at radius 1 is 0.268 bits per heavy atom. The Morgan fingerprint density at radius 2 is 0.411 bits per heavy atom. The molecular formula is C50H70N2O4. The number of hydrogen-bond acceptors (Lipinski definition) is 4. The first-order chi connectivity index (χ1) is 27.0. The van der Waals surface area contributed by atoms with Gasteiger partial charge in [0.1, 0.15) is 0 Å². The standard InChI is InChI=1S/C50H70N2O4/c53-43(47-17-29-5-30(18-47)7-31(6-29)19-47)51(44(54)48-20-32-8-33(21-48)10-34(9-32)22-48)41-1-2-42(4-3-41)52(45(55)49-23-35-11-36(24-49)13-37(12-35)25-49)46(56)50-26-38-14-39(27-50)16-40(15-38)28-50/h29-42H,1-28H2. The Labute approximate surface area is 336 Å². The van der Waals surface area contributed by atoms with Gasteiger partial charge in [0.15, 0.2) is 0 Å². The van der Waals surface area contributed by atoms with Gasteiger partial charge in [0.2, 0.25) is 23.6 Å². The molecular weight excluding hydrogens is 693 g/mol. The first kappa shape index (κ1) is 35.1. The quantitative estimate of drug-likeness (QED) is 0.253. The summed E-state index contributed by atoms with van der Waals surface area (Å²) in [5, 5.41) is 0. The molecule has 0 spiro atoms. The molecule has 0 radical (unpaired) electrons. The third-order valence-corrected chi connectivity index (χ3v) is 21.2. The zero-order chi connectivity index (χ0) is 37.3. The van der Waals surface area contributed by atoms with Crippen LogP contribution in [-0.2, 0) is 19.2 Å². The van der Waals surface area contributed by atoms with Crippen LogP contribution in [0.25, 0.3) is 0 Å². The lowest BCUT2D eigenvalue weighted by Gasteiger charge is -2.60. The van der Waals surface area contributed by atoms with Crippen molar-refractivity contribution in [3.05, 3.63) is 0 Å². The van der Waals surface area contributed by atoms with Gasteiger partial charge in [-0.1, -0.05) is 0 Å². The van der Waals surface area contributed by atoms with E-state index in [4.69, 9.17) is 0 Å². The molecule has 304 valence electrons. The minimum atomic E-state index is -0.335. The van der Waals surface area contributed by atoms with Crippen molar-refractivity contribution in [3.63, 3.8) is 0 Å². The van der Waals surface area contributed by atoms with Crippen LogP contribution >= 0.6 is 0 Å². The lowest BCUT2D eigenvalue weighted by Crippen LogP contribution is -2.64. The van der Waals surface area contributed by atoms with Gasteiger partial charge in [-0.25, -0.2) is 0 Å². The Morgan fingerprint density at radius 3 is 0.554 bits per heavy atom. The number of carbonyl (C=O) groups excluding carboxylic acids is 4. The van der Waals surface area contributed by atoms with Crippen LogP contribution in [0.3, 0.4) is 0 Å². The van der Waals surface area contributed by atoms with Gasteiger partial charge in [-0.15, -0.1) is 0 Å². The minimum absolute atomic E-state index is 0.0848. The van der Waals surface area contributed by atoms with E-state index >= 15 is 19.2 Å². The van der Waals surface area contributed by atoms with Crippen LogP contribution in [0.15, 0.2) is 0 Å². The van der Waals surface area contributed by atoms with Gasteiger partial charge in [0.05, 0.1) is 21.7 Å². The van der Waals surface area contributed by atoms with Crippen LogP contribution in [0.4, 0.5) is 0 Å². The summed E-state index contributed by atoms with van der Waals surface area (Å²) in [6.45, 7) is 0. The highest BCUT2D eigenvalue weighted by Gasteiger charge is 2.64. The highest BCUT2D eigenvalue weighted by Crippen LogP contribution is 2.66. The third kappa shape index (κ3) is 5.09. The van der Waals surface area contributed by atoms with Crippen LogP contribution in [0.5, 0.6) is 0 Å². The number of rotatable bonds is 6. The van der Waals surface area contributed by atoms with Gasteiger partial charge in [0.25, 0.3) is 0 Å². The van der Waals surface area contributed by atoms with E-state index in [1.54, 1.807) is 0 Å². The second-order valence-electron chi connectivity index (χ2n) is 25.2. The molecule has 0 atom stereocenters. The lowest BCUT2D eigenvalue weighted by molar-refractivity contribution is -0.182. The number of nitrogens with zero attached hydrogens (tertiary/aromatic N) is 2. The maximum Gasteiger partial charge on any atom is 0.235 e. The van der Waals surface area contributed by atoms with E-state index in [2.05, 4.69) is 0 Å². The van der Waals surface area contributed by atoms with Crippen molar-refractivity contribution in [3.8, 4) is 0 Å². The summed E-state index contributed by atoms with van der Waals surface area (Å²) < 4.78 is 0. The van der Waals surface area contributed by atoms with Gasteiger partial charge >= 0.3 is 0 Å². The maximum absolute atomic E-state index is 15.6. The molecule has 6 heteroatoms. The van der Waals surface area contributed by atoms with Gasteiger partial charge < -0.3 is 0 Å². The fourth-order valence-electron chi connectivity index (χ4n) is 20.9. The second-order valence-corrected chi connectivity index (χ2v) is 25.2. The first-order valence-electron chi connectivity index (χ1n) is 24.8. The summed E-state index contributed by atoms with van der Waals surface area (Å²) in [6.07, 6.45) is 30.7. The van der Waals surface area contributed by atoms with Gasteiger partial charge in [-0.2, -0.15) is 0 Å². The number of amides is 4. The Balaban J connectivity index is 0.824. The molecule has 4 amide bonds. The first-order valence-corrected chi connectivity index (χ1v) is 24.8. The topological polar surface area (TPSA) is 74.8 Å². The summed E-state index contributed by atoms with van der Waals surface area (Å²) in [4.78, 5) is 66.3. The predicted octanol–water partition coefficient (Wildman–Crippen LogP) is 9.87. The van der Waals surface area contributed by atoms with Crippen molar-refractivity contribution in [2.45, 2.75) is 192 Å². The summed E-state index contributed by atoms with van der Waals surface area (Å²) in [6, 6.07) is -0.170. The molecule has 0 saturated heterocycles. The SMILES string of the molecule is O=C(N(C(=O)C12CC3CC(CC(C3)C1)C2)C1CCC(N(C(=O)C23CC4CC(CC(C4)C2)C3)C(=O)C23CC4CC(CC(C4)C2)C3)CC1)C12CC3CC(CC(C3)C1)C2. The highest BCUT2D eigenvalue weighted by atomic mass is 16.2. The van der Waals surface area contributed by atoms with E-state index in [1.807, 2.05) is 9.80 Å². The molecule has 6 nitrogen and oxygen atoms in total. The van der Waals surface area contributed by atoms with Crippen LogP contribution in [0.1, 0.15) is 180 Å². The van der Waals surface area contributed by atoms with E-state index in [0.717, 1.165) is 103 Å². The Hall–Kier alpha value is -1.72. The Bertz CT molecular complexity index is 1340. The molecule has 0 aliphatic heterocycles. The average Bonchev–Trinajstić information content (AvgIpc) is 3.13. The van der Waals surface area contributed by atoms with Crippen molar-refractivity contribution in [2.24, 2.45) is 92.7 Å². The summed E-state index contributed by atoms with van der Waals surface area (Å²) in [5.41, 5.74) is -1.34. The van der Waals surface area contributed by atoms with E-state index in [-0.39, 0.29) is 57.4 Å². The van der Waals surface area contributed by atoms with Crippen LogP contribution in [-0.4, -0.2) is 45.5 Å². The molecule has 17 saturated carbocycles. The molecule has 17 fully saturated rings. The third-order valence-electron chi connectivity index (χ3n) is 21.2. The predicted molar refractivity (Wildman–Crippen MR) is 212 cm³/mol. The zero-order valence-corrected chi connectivity index (χ0v) is 34.4. The van der Waals surface area contributed by atoms with Crippen molar-refractivity contribution >= 4 is 23.6 Å². The summed E-state index contributed by atoms with van der Waals surface area (Å²) in [5.74, 6) is 8.88.